The molecule has 6 rings (SSSR count). The smallest absolute Gasteiger partial charge is 0.228 e. The fourth-order valence-corrected chi connectivity index (χ4v) is 6.34. The van der Waals surface area contributed by atoms with E-state index in [2.05, 4.69) is 58.4 Å². The largest absolute Gasteiger partial charge is 0.385 e. The van der Waals surface area contributed by atoms with Gasteiger partial charge in [0.1, 0.15) is 5.82 Å². The van der Waals surface area contributed by atoms with E-state index < -0.39 is 0 Å². The Hall–Kier alpha value is -3.48. The number of aromatic nitrogens is 1. The van der Waals surface area contributed by atoms with E-state index >= 15 is 4.39 Å². The summed E-state index contributed by atoms with van der Waals surface area (Å²) in [6, 6.07) is 24.6. The Labute approximate surface area is 235 Å². The Balaban J connectivity index is 1.29. The maximum Gasteiger partial charge on any atom is 0.228 e. The van der Waals surface area contributed by atoms with Gasteiger partial charge in [-0.05, 0) is 72.5 Å². The first kappa shape index (κ1) is 26.7. The van der Waals surface area contributed by atoms with Gasteiger partial charge in [-0.25, -0.2) is 4.39 Å². The number of aryl methyl sites for hydroxylation is 1. The quantitative estimate of drug-likeness (QED) is 0.238. The number of carbonyl (C=O) groups excluding carboxylic acids is 1. The van der Waals surface area contributed by atoms with E-state index in [1.165, 1.54) is 22.8 Å². The molecule has 0 spiro atoms. The predicted molar refractivity (Wildman–Crippen MR) is 158 cm³/mol. The SMILES string of the molecule is COCCCn1cc(CN(C(=O)[C@H]2CNCC[C@@H]2c2cccc(-c3ccccc3)c2)C2CC2)c2c(F)cccc21. The van der Waals surface area contributed by atoms with Gasteiger partial charge in [0.05, 0.1) is 11.4 Å². The molecule has 208 valence electrons. The molecular formula is C34H38FN3O2. The van der Waals surface area contributed by atoms with Crippen molar-refractivity contribution in [3.8, 4) is 11.1 Å². The van der Waals surface area contributed by atoms with E-state index in [0.717, 1.165) is 49.9 Å². The topological polar surface area (TPSA) is 46.5 Å². The second-order valence-corrected chi connectivity index (χ2v) is 11.2. The number of hydrogen-bond donors (Lipinski definition) is 1. The van der Waals surface area contributed by atoms with Crippen molar-refractivity contribution < 1.29 is 13.9 Å². The molecule has 1 saturated carbocycles. The van der Waals surface area contributed by atoms with Crippen molar-refractivity contribution in [2.75, 3.05) is 26.8 Å². The van der Waals surface area contributed by atoms with Gasteiger partial charge >= 0.3 is 0 Å². The summed E-state index contributed by atoms with van der Waals surface area (Å²) in [7, 11) is 1.70. The van der Waals surface area contributed by atoms with Gasteiger partial charge < -0.3 is 19.5 Å². The molecule has 6 heteroatoms. The number of piperidine rings is 1. The zero-order chi connectivity index (χ0) is 27.5. The van der Waals surface area contributed by atoms with E-state index in [1.54, 1.807) is 13.2 Å². The normalized spacial score (nSPS) is 19.1. The highest BCUT2D eigenvalue weighted by molar-refractivity contribution is 5.86. The minimum atomic E-state index is -0.226. The van der Waals surface area contributed by atoms with Crippen LogP contribution in [0.25, 0.3) is 22.0 Å². The number of rotatable bonds is 10. The van der Waals surface area contributed by atoms with Crippen molar-refractivity contribution in [1.29, 1.82) is 0 Å². The molecular weight excluding hydrogens is 501 g/mol. The third-order valence-electron chi connectivity index (χ3n) is 8.51. The van der Waals surface area contributed by atoms with E-state index in [4.69, 9.17) is 4.74 Å². The molecule has 1 aromatic heterocycles. The minimum absolute atomic E-state index is 0.144. The van der Waals surface area contributed by atoms with Gasteiger partial charge in [0, 0.05) is 51.0 Å². The van der Waals surface area contributed by atoms with Crippen molar-refractivity contribution in [1.82, 2.24) is 14.8 Å². The predicted octanol–water partition coefficient (Wildman–Crippen LogP) is 6.37. The summed E-state index contributed by atoms with van der Waals surface area (Å²) >= 11 is 0. The van der Waals surface area contributed by atoms with Crippen LogP contribution in [0.3, 0.4) is 0 Å². The Morgan fingerprint density at radius 3 is 2.62 bits per heavy atom. The molecule has 0 unspecified atom stereocenters. The van der Waals surface area contributed by atoms with Crippen molar-refractivity contribution in [3.05, 3.63) is 95.9 Å². The Morgan fingerprint density at radius 1 is 1.02 bits per heavy atom. The molecule has 3 aromatic carbocycles. The number of ether oxygens (including phenoxy) is 1. The van der Waals surface area contributed by atoms with Crippen molar-refractivity contribution in [3.63, 3.8) is 0 Å². The minimum Gasteiger partial charge on any atom is -0.385 e. The van der Waals surface area contributed by atoms with Crippen LogP contribution in [0.1, 0.15) is 42.7 Å². The van der Waals surface area contributed by atoms with Crippen LogP contribution in [0.2, 0.25) is 0 Å². The summed E-state index contributed by atoms with van der Waals surface area (Å²) in [4.78, 5) is 16.4. The molecule has 40 heavy (non-hydrogen) atoms. The van der Waals surface area contributed by atoms with Crippen LogP contribution < -0.4 is 5.32 Å². The summed E-state index contributed by atoms with van der Waals surface area (Å²) in [5.41, 5.74) is 5.35. The summed E-state index contributed by atoms with van der Waals surface area (Å²) < 4.78 is 22.5. The number of halogens is 1. The summed E-state index contributed by atoms with van der Waals surface area (Å²) in [6.45, 7) is 3.39. The number of methoxy groups -OCH3 is 1. The summed E-state index contributed by atoms with van der Waals surface area (Å²) in [5.74, 6) is -0.0522. The summed E-state index contributed by atoms with van der Waals surface area (Å²) in [6.07, 6.45) is 5.83. The highest BCUT2D eigenvalue weighted by Gasteiger charge is 2.40. The van der Waals surface area contributed by atoms with Crippen LogP contribution in [0.4, 0.5) is 4.39 Å². The highest BCUT2D eigenvalue weighted by Crippen LogP contribution is 2.38. The molecule has 4 aromatic rings. The lowest BCUT2D eigenvalue weighted by atomic mass is 9.79. The first-order chi connectivity index (χ1) is 19.6. The standard InChI is InChI=1S/C34H38FN3O2/c1-40-19-7-18-37-22-27(33-31(35)12-6-13-32(33)37)23-38(28-14-15-28)34(39)30-21-36-17-16-29(30)26-11-5-10-25(20-26)24-8-3-2-4-9-24/h2-6,8-13,20,22,28-30,36H,7,14-19,21,23H2,1H3/t29-,30+/m1/s1. The second kappa shape index (κ2) is 11.9. The van der Waals surface area contributed by atoms with Crippen LogP contribution in [-0.2, 0) is 22.6 Å². The van der Waals surface area contributed by atoms with E-state index in [1.807, 2.05) is 23.2 Å². The van der Waals surface area contributed by atoms with Gasteiger partial charge in [-0.2, -0.15) is 0 Å². The maximum atomic E-state index is 15.2. The number of amides is 1. The Bertz CT molecular complexity index is 1460. The van der Waals surface area contributed by atoms with E-state index in [0.29, 0.717) is 25.1 Å². The van der Waals surface area contributed by atoms with Gasteiger partial charge in [0.2, 0.25) is 5.91 Å². The monoisotopic (exact) mass is 539 g/mol. The third-order valence-corrected chi connectivity index (χ3v) is 8.51. The first-order valence-electron chi connectivity index (χ1n) is 14.6. The lowest BCUT2D eigenvalue weighted by Gasteiger charge is -2.36. The molecule has 0 radical (unpaired) electrons. The van der Waals surface area contributed by atoms with E-state index in [9.17, 15) is 4.79 Å². The molecule has 1 aliphatic heterocycles. The zero-order valence-corrected chi connectivity index (χ0v) is 23.2. The van der Waals surface area contributed by atoms with Crippen LogP contribution in [-0.4, -0.2) is 48.2 Å². The maximum absolute atomic E-state index is 15.2. The average Bonchev–Trinajstić information content (AvgIpc) is 3.78. The molecule has 5 nitrogen and oxygen atoms in total. The number of fused-ring (bicyclic) bond motifs is 1. The third kappa shape index (κ3) is 5.56. The zero-order valence-electron chi connectivity index (χ0n) is 23.2. The van der Waals surface area contributed by atoms with Crippen molar-refractivity contribution >= 4 is 16.8 Å². The number of benzene rings is 3. The first-order valence-corrected chi connectivity index (χ1v) is 14.6. The molecule has 1 amide bonds. The van der Waals surface area contributed by atoms with Gasteiger partial charge in [0.15, 0.2) is 0 Å². The molecule has 1 N–H and O–H groups in total. The number of carbonyl (C=O) groups is 1. The Kier molecular flexibility index (Phi) is 7.98. The highest BCUT2D eigenvalue weighted by atomic mass is 19.1. The molecule has 0 bridgehead atoms. The van der Waals surface area contributed by atoms with E-state index in [-0.39, 0.29) is 29.6 Å². The molecule has 2 atom stereocenters. The Morgan fingerprint density at radius 2 is 1.82 bits per heavy atom. The lowest BCUT2D eigenvalue weighted by molar-refractivity contribution is -0.138. The lowest BCUT2D eigenvalue weighted by Crippen LogP contribution is -2.47. The van der Waals surface area contributed by atoms with Gasteiger partial charge in [-0.15, -0.1) is 0 Å². The fraction of sp³-hybridized carbons (Fsp3) is 0.382. The molecule has 1 saturated heterocycles. The van der Waals surface area contributed by atoms with Crippen LogP contribution in [0.5, 0.6) is 0 Å². The number of nitrogens with zero attached hydrogens (tertiary/aromatic N) is 2. The summed E-state index contributed by atoms with van der Waals surface area (Å²) in [5, 5.41) is 4.12. The van der Waals surface area contributed by atoms with Crippen LogP contribution in [0, 0.1) is 11.7 Å². The van der Waals surface area contributed by atoms with Crippen LogP contribution >= 0.6 is 0 Å². The second-order valence-electron chi connectivity index (χ2n) is 11.2. The van der Waals surface area contributed by atoms with Crippen molar-refractivity contribution in [2.45, 2.75) is 50.7 Å². The molecule has 1 aliphatic carbocycles. The van der Waals surface area contributed by atoms with Gasteiger partial charge in [-0.1, -0.05) is 60.7 Å². The molecule has 2 aliphatic rings. The van der Waals surface area contributed by atoms with Crippen molar-refractivity contribution in [2.24, 2.45) is 5.92 Å². The fourth-order valence-electron chi connectivity index (χ4n) is 6.34. The van der Waals surface area contributed by atoms with Gasteiger partial charge in [-0.3, -0.25) is 4.79 Å². The van der Waals surface area contributed by atoms with Crippen LogP contribution in [0.15, 0.2) is 79.0 Å². The molecule has 2 fully saturated rings. The van der Waals surface area contributed by atoms with Gasteiger partial charge in [0.25, 0.3) is 0 Å². The number of hydrogen-bond acceptors (Lipinski definition) is 3. The molecule has 2 heterocycles. The number of nitrogens with one attached hydrogen (secondary N) is 1. The average molecular weight is 540 g/mol.